The number of rotatable bonds is 4. The van der Waals surface area contributed by atoms with Crippen LogP contribution in [0.5, 0.6) is 23.0 Å². The van der Waals surface area contributed by atoms with Crippen molar-refractivity contribution in [3.63, 3.8) is 0 Å². The van der Waals surface area contributed by atoms with E-state index in [-0.39, 0.29) is 34.1 Å². The molecule has 2 aliphatic heterocycles. The van der Waals surface area contributed by atoms with E-state index in [4.69, 9.17) is 18.9 Å². The van der Waals surface area contributed by atoms with E-state index in [2.05, 4.69) is 20.9 Å². The van der Waals surface area contributed by atoms with E-state index in [9.17, 15) is 40.0 Å². The van der Waals surface area contributed by atoms with Crippen LogP contribution in [0.3, 0.4) is 0 Å². The molecule has 4 rings (SSSR count). The van der Waals surface area contributed by atoms with Gasteiger partial charge in [0, 0.05) is 6.07 Å². The number of nitrogens with zero attached hydrogens (tertiary/aromatic N) is 3. The van der Waals surface area contributed by atoms with Crippen LogP contribution in [-0.2, 0) is 23.9 Å². The second-order valence-corrected chi connectivity index (χ2v) is 12.5. The van der Waals surface area contributed by atoms with E-state index >= 15 is 0 Å². The maximum Gasteiger partial charge on any atom is 0.427 e. The highest BCUT2D eigenvalue weighted by Crippen LogP contribution is 2.44. The zero-order chi connectivity index (χ0) is 35.3. The van der Waals surface area contributed by atoms with Gasteiger partial charge in [0.05, 0.1) is 19.6 Å². The van der Waals surface area contributed by atoms with Crippen molar-refractivity contribution in [1.29, 1.82) is 10.7 Å². The number of hydrogen-bond donors (Lipinski definition) is 5. The molecule has 16 nitrogen and oxygen atoms in total. The molecule has 0 aromatic heterocycles. The lowest BCUT2D eigenvalue weighted by Gasteiger charge is -2.29. The number of methoxy groups -OCH3 is 1. The number of esters is 1. The second-order valence-electron chi connectivity index (χ2n) is 12.5. The first kappa shape index (κ1) is 35.9. The van der Waals surface area contributed by atoms with E-state index < -0.39 is 71.5 Å². The molecule has 250 valence electrons. The summed E-state index contributed by atoms with van der Waals surface area (Å²) in [7, 11) is 1.24. The van der Waals surface area contributed by atoms with Gasteiger partial charge >= 0.3 is 17.7 Å². The smallest absolute Gasteiger partial charge is 0.427 e. The number of aliphatic hydroxyl groups is 1. The Morgan fingerprint density at radius 3 is 2.23 bits per heavy atom. The van der Waals surface area contributed by atoms with Crippen LogP contribution in [0.2, 0.25) is 0 Å². The van der Waals surface area contributed by atoms with Gasteiger partial charge in [-0.1, -0.05) is 6.07 Å². The molecule has 5 N–H and O–H groups in total. The van der Waals surface area contributed by atoms with Crippen molar-refractivity contribution < 1.29 is 48.3 Å². The number of hydrogen-bond acceptors (Lipinski definition) is 12. The van der Waals surface area contributed by atoms with Crippen LogP contribution in [-0.4, -0.2) is 64.5 Å². The molecule has 47 heavy (non-hydrogen) atoms. The third kappa shape index (κ3) is 9.21. The first-order valence-corrected chi connectivity index (χ1v) is 14.3. The van der Waals surface area contributed by atoms with Crippen LogP contribution in [0.25, 0.3) is 4.98 Å². The molecular formula is C31H37N6O10+. The van der Waals surface area contributed by atoms with Crippen molar-refractivity contribution in [2.24, 2.45) is 0 Å². The minimum absolute atomic E-state index is 0.0386. The first-order valence-electron chi connectivity index (χ1n) is 14.3. The lowest BCUT2D eigenvalue weighted by molar-refractivity contribution is -0.159. The average molecular weight is 654 g/mol. The van der Waals surface area contributed by atoms with Crippen molar-refractivity contribution in [2.75, 3.05) is 7.11 Å². The quantitative estimate of drug-likeness (QED) is 0.236. The third-order valence-electron chi connectivity index (χ3n) is 6.38. The summed E-state index contributed by atoms with van der Waals surface area (Å²) >= 11 is 0. The molecule has 4 atom stereocenters. The molecule has 16 heteroatoms. The molecule has 2 aromatic rings. The van der Waals surface area contributed by atoms with Gasteiger partial charge in [-0.15, -0.1) is 0 Å². The standard InChI is InChI=1S/C31H36N6O10/c1-30(2,3)46-28(42)22-16-13-19(38)25(44-7)21(14-16)45-20-9-8-15(12-18(20)37-33)24(39)23(36-29(43)47-31(4,5)6)27(41)34-17(10-11-32)26(40)35-22/h8-9,12-14,17,22-24,39H,10H2,1-7H3,(H3-,34,35,36,38,40,41,43)/p+1/t17-,22+,23+,24+/m0/s1. The summed E-state index contributed by atoms with van der Waals surface area (Å²) < 4.78 is 22.0. The van der Waals surface area contributed by atoms with Crippen LogP contribution in [0.15, 0.2) is 30.3 Å². The maximum absolute atomic E-state index is 13.6. The molecule has 0 spiro atoms. The zero-order valence-electron chi connectivity index (χ0n) is 26.9. The fraction of sp³-hybridized carbons (Fsp3) is 0.452. The molecule has 0 fully saturated rings. The largest absolute Gasteiger partial charge is 0.504 e. The fourth-order valence-electron chi connectivity index (χ4n) is 4.42. The average Bonchev–Trinajstić information content (AvgIpc) is 2.95. The summed E-state index contributed by atoms with van der Waals surface area (Å²) in [5, 5.41) is 48.5. The van der Waals surface area contributed by atoms with E-state index in [1.165, 1.54) is 25.3 Å². The molecule has 0 saturated heterocycles. The van der Waals surface area contributed by atoms with Gasteiger partial charge in [0.2, 0.25) is 28.7 Å². The minimum Gasteiger partial charge on any atom is -0.504 e. The van der Waals surface area contributed by atoms with Crippen LogP contribution >= 0.6 is 0 Å². The zero-order valence-corrected chi connectivity index (χ0v) is 26.9. The highest BCUT2D eigenvalue weighted by Gasteiger charge is 2.38. The number of alkyl carbamates (subject to hydrolysis) is 1. The number of amides is 3. The number of carbonyl (C=O) groups excluding carboxylic acids is 4. The van der Waals surface area contributed by atoms with Gasteiger partial charge in [-0.3, -0.25) is 9.59 Å². The third-order valence-corrected chi connectivity index (χ3v) is 6.38. The van der Waals surface area contributed by atoms with Crippen molar-refractivity contribution in [2.45, 2.75) is 83.4 Å². The molecule has 4 bridgehead atoms. The summed E-state index contributed by atoms with van der Waals surface area (Å²) in [6.45, 7) is 9.51. The van der Waals surface area contributed by atoms with Gasteiger partial charge in [-0.05, 0) is 70.9 Å². The van der Waals surface area contributed by atoms with E-state index in [0.717, 1.165) is 12.1 Å². The fourth-order valence-corrected chi connectivity index (χ4v) is 4.42. The highest BCUT2D eigenvalue weighted by molar-refractivity contribution is 5.94. The number of benzene rings is 2. The molecule has 0 saturated carbocycles. The van der Waals surface area contributed by atoms with Gasteiger partial charge in [0.25, 0.3) is 0 Å². The molecule has 0 unspecified atom stereocenters. The lowest BCUT2D eigenvalue weighted by atomic mass is 9.99. The Hall–Kier alpha value is -5.61. The van der Waals surface area contributed by atoms with Crippen LogP contribution < -0.4 is 25.4 Å². The normalized spacial score (nSPS) is 20.0. The number of diazo groups is 1. The van der Waals surface area contributed by atoms with Crippen molar-refractivity contribution in [3.8, 4) is 29.1 Å². The summed E-state index contributed by atoms with van der Waals surface area (Å²) in [4.78, 5) is 56.6. The Balaban J connectivity index is 2.27. The number of aromatic hydroxyl groups is 1. The Morgan fingerprint density at radius 1 is 1.00 bits per heavy atom. The number of carbonyl (C=O) groups is 4. The number of nitrogens with one attached hydrogen (secondary N) is 3. The number of phenolic OH excluding ortho intramolecular Hbond substituents is 1. The number of ether oxygens (including phenoxy) is 4. The summed E-state index contributed by atoms with van der Waals surface area (Å²) in [5.41, 5.74) is -2.35. The maximum atomic E-state index is 13.6. The van der Waals surface area contributed by atoms with Crippen molar-refractivity contribution in [3.05, 3.63) is 46.4 Å². The topological polar surface area (TPSA) is 234 Å². The predicted octanol–water partition coefficient (Wildman–Crippen LogP) is 3.52. The second kappa shape index (κ2) is 14.2. The number of nitriles is 1. The SMILES string of the molecule is COc1c(O)cc2cc1Oc1ccc(cc1[N+]#N)[C@@H](O)[C@@H](NC(=O)OC(C)(C)C)C(=O)N[C@@H](CC#N)C(=O)N[C@H]2C(=O)OC(C)(C)C. The summed E-state index contributed by atoms with van der Waals surface area (Å²) in [5.74, 6) is -4.09. The number of fused-ring (bicyclic) bond motifs is 9. The van der Waals surface area contributed by atoms with Gasteiger partial charge in [-0.25, -0.2) is 9.59 Å². The molecule has 3 amide bonds. The Morgan fingerprint density at radius 2 is 1.66 bits per heavy atom. The predicted molar refractivity (Wildman–Crippen MR) is 163 cm³/mol. The molecule has 2 aliphatic rings. The minimum atomic E-state index is -1.83. The van der Waals surface area contributed by atoms with Gasteiger partial charge in [-0.2, -0.15) is 5.26 Å². The molecular weight excluding hydrogens is 616 g/mol. The van der Waals surface area contributed by atoms with Crippen LogP contribution in [0, 0.1) is 16.7 Å². The van der Waals surface area contributed by atoms with Crippen molar-refractivity contribution >= 4 is 29.6 Å². The molecule has 2 aromatic carbocycles. The Bertz CT molecular complexity index is 1630. The van der Waals surface area contributed by atoms with Crippen molar-refractivity contribution in [1.82, 2.24) is 16.0 Å². The van der Waals surface area contributed by atoms with E-state index in [0.29, 0.717) is 0 Å². The Kier molecular flexibility index (Phi) is 10.8. The van der Waals surface area contributed by atoms with E-state index in [1.807, 2.05) is 0 Å². The first-order chi connectivity index (χ1) is 21.9. The summed E-state index contributed by atoms with van der Waals surface area (Å²) in [6.07, 6.45) is -3.51. The summed E-state index contributed by atoms with van der Waals surface area (Å²) in [6, 6.07) is 2.85. The molecule has 0 aliphatic carbocycles. The molecule has 2 heterocycles. The van der Waals surface area contributed by atoms with Crippen LogP contribution in [0.4, 0.5) is 10.5 Å². The number of aliphatic hydroxyl groups excluding tert-OH is 1. The highest BCUT2D eigenvalue weighted by atomic mass is 16.6. The Labute approximate surface area is 270 Å². The van der Waals surface area contributed by atoms with Crippen LogP contribution in [0.1, 0.15) is 71.2 Å². The van der Waals surface area contributed by atoms with Gasteiger partial charge in [0.15, 0.2) is 22.5 Å². The van der Waals surface area contributed by atoms with E-state index in [1.54, 1.807) is 47.6 Å². The number of phenols is 1. The van der Waals surface area contributed by atoms with Gasteiger partial charge < -0.3 is 45.1 Å². The lowest BCUT2D eigenvalue weighted by Crippen LogP contribution is -2.56. The van der Waals surface area contributed by atoms with Gasteiger partial charge in [0.1, 0.15) is 29.4 Å². The molecule has 0 radical (unpaired) electrons. The monoisotopic (exact) mass is 653 g/mol.